The molecule has 0 radical (unpaired) electrons. The zero-order valence-electron chi connectivity index (χ0n) is 33.5. The quantitative estimate of drug-likeness (QED) is 0.124. The molecule has 2 fully saturated rings. The molecule has 0 spiro atoms. The molecule has 16 heteroatoms. The van der Waals surface area contributed by atoms with Crippen molar-refractivity contribution in [3.8, 4) is 11.6 Å². The Labute approximate surface area is 339 Å². The third-order valence-electron chi connectivity index (χ3n) is 8.94. The summed E-state index contributed by atoms with van der Waals surface area (Å²) in [6.45, 7) is 13.2. The van der Waals surface area contributed by atoms with Crippen molar-refractivity contribution in [2.24, 2.45) is 0 Å². The first-order valence-corrected chi connectivity index (χ1v) is 21.0. The van der Waals surface area contributed by atoms with Gasteiger partial charge in [0.25, 0.3) is 5.91 Å². The fourth-order valence-corrected chi connectivity index (χ4v) is 7.27. The number of aromatic nitrogens is 1. The molecule has 1 unspecified atom stereocenters. The third-order valence-corrected chi connectivity index (χ3v) is 10.2. The first-order chi connectivity index (χ1) is 27.7. The van der Waals surface area contributed by atoms with Gasteiger partial charge in [-0.25, -0.2) is 18.2 Å². The van der Waals surface area contributed by atoms with Crippen LogP contribution in [-0.2, 0) is 26.7 Å². The number of alkyl halides is 3. The molecule has 1 aromatic heterocycles. The van der Waals surface area contributed by atoms with Crippen molar-refractivity contribution in [1.29, 1.82) is 0 Å². The number of aliphatic carboxylic acids is 1. The predicted molar refractivity (Wildman–Crippen MR) is 220 cm³/mol. The zero-order valence-corrected chi connectivity index (χ0v) is 34.3. The molecular weight excluding hydrogens is 776 g/mol. The maximum Gasteiger partial charge on any atom is 0.417 e. The number of rotatable bonds is 10. The highest BCUT2D eigenvalue weighted by molar-refractivity contribution is 7.91. The highest BCUT2D eigenvalue weighted by atomic mass is 32.2. The first kappa shape index (κ1) is 47.2. The number of likely N-dealkylation sites (tertiary alicyclic amines) is 1. The number of carboxylic acid groups (broad SMARTS) is 1. The molecule has 4 aromatic rings. The van der Waals surface area contributed by atoms with Crippen molar-refractivity contribution in [3.63, 3.8) is 0 Å². The van der Waals surface area contributed by atoms with Crippen LogP contribution in [0.15, 0.2) is 91.1 Å². The Morgan fingerprint density at radius 2 is 1.52 bits per heavy atom. The van der Waals surface area contributed by atoms with Crippen LogP contribution in [0.25, 0.3) is 0 Å². The molecule has 4 N–H and O–H groups in total. The summed E-state index contributed by atoms with van der Waals surface area (Å²) in [5.74, 6) is -0.789. The van der Waals surface area contributed by atoms with Gasteiger partial charge < -0.3 is 30.1 Å². The number of piperazine rings is 1. The van der Waals surface area contributed by atoms with E-state index < -0.39 is 33.8 Å². The summed E-state index contributed by atoms with van der Waals surface area (Å²) in [7, 11) is -3.75. The van der Waals surface area contributed by atoms with Crippen LogP contribution in [0.4, 0.5) is 24.5 Å². The minimum absolute atomic E-state index is 0.0655. The normalized spacial score (nSPS) is 14.9. The van der Waals surface area contributed by atoms with Gasteiger partial charge in [-0.2, -0.15) is 13.2 Å². The molecule has 6 rings (SSSR count). The number of sulfonamides is 1. The number of carboxylic acids is 1. The molecule has 316 valence electrons. The number of anilines is 2. The molecule has 0 aliphatic carbocycles. The second kappa shape index (κ2) is 22.7. The highest BCUT2D eigenvalue weighted by Crippen LogP contribution is 2.34. The van der Waals surface area contributed by atoms with Crippen LogP contribution in [0, 0.1) is 0 Å². The number of carbonyl (C=O) groups is 2. The van der Waals surface area contributed by atoms with Gasteiger partial charge in [0.1, 0.15) is 11.9 Å². The maximum atomic E-state index is 13.7. The minimum atomic E-state index is -4.46. The van der Waals surface area contributed by atoms with Gasteiger partial charge in [0.05, 0.1) is 22.7 Å². The van der Waals surface area contributed by atoms with Gasteiger partial charge in [0.15, 0.2) is 0 Å². The molecule has 2 aliphatic rings. The Hall–Kier alpha value is -5.19. The summed E-state index contributed by atoms with van der Waals surface area (Å²) in [6, 6.07) is 23.7. The molecular formula is C42H54F3N5O7S. The van der Waals surface area contributed by atoms with Crippen molar-refractivity contribution >= 4 is 33.3 Å². The number of hydrogen-bond donors (Lipinski definition) is 4. The standard InChI is InChI=1S/C35H36F3N5O4S.C3H6O3.2C2H6/c36-35(37,38)29-9-13-33(40-23-29)47-30-10-6-26(7-11-30)27-14-18-43(19-15-27)34(44)28-8-12-32(42-20-16-39-17-21-42)31(22-28)41-48(45,46)24-25-4-2-1-3-5-25;1-2(4)3(5)6;2*1-2/h1-13,22-23,27,39,41H,14-21,24H2;2,4H,1H3,(H,5,6);2*1-2H3. The number of piperidine rings is 1. The van der Waals surface area contributed by atoms with E-state index in [2.05, 4.69) is 19.9 Å². The number of aliphatic hydroxyl groups excluding tert-OH is 1. The SMILES string of the molecule is CC.CC.CC(O)C(=O)O.O=C(c1ccc(N2CCNCC2)c(NS(=O)(=O)Cc2ccccc2)c1)N1CCC(c2ccc(Oc3ccc(C(F)(F)F)cn3)cc2)CC1. The van der Waals surface area contributed by atoms with E-state index in [1.165, 1.54) is 13.0 Å². The lowest BCUT2D eigenvalue weighted by atomic mass is 9.89. The minimum Gasteiger partial charge on any atom is -0.479 e. The van der Waals surface area contributed by atoms with Crippen molar-refractivity contribution in [1.82, 2.24) is 15.2 Å². The lowest BCUT2D eigenvalue weighted by Gasteiger charge is -2.33. The van der Waals surface area contributed by atoms with Crippen LogP contribution >= 0.6 is 0 Å². The van der Waals surface area contributed by atoms with Crippen LogP contribution in [-0.4, -0.2) is 85.8 Å². The smallest absolute Gasteiger partial charge is 0.417 e. The van der Waals surface area contributed by atoms with Gasteiger partial charge in [0, 0.05) is 57.1 Å². The number of hydrogen-bond acceptors (Lipinski definition) is 9. The fraction of sp³-hybridized carbons (Fsp3) is 0.405. The predicted octanol–water partition coefficient (Wildman–Crippen LogP) is 7.77. The summed E-state index contributed by atoms with van der Waals surface area (Å²) in [4.78, 5) is 30.8. The van der Waals surface area contributed by atoms with E-state index in [4.69, 9.17) is 14.9 Å². The van der Waals surface area contributed by atoms with Crippen molar-refractivity contribution < 1.29 is 46.1 Å². The highest BCUT2D eigenvalue weighted by Gasteiger charge is 2.31. The average molecular weight is 830 g/mol. The Kier molecular flexibility index (Phi) is 18.4. The third kappa shape index (κ3) is 14.3. The second-order valence-corrected chi connectivity index (χ2v) is 14.7. The molecule has 3 heterocycles. The number of benzene rings is 3. The van der Waals surface area contributed by atoms with Gasteiger partial charge in [-0.05, 0) is 73.2 Å². The van der Waals surface area contributed by atoms with E-state index in [1.807, 2.05) is 52.0 Å². The lowest BCUT2D eigenvalue weighted by Crippen LogP contribution is -2.44. The van der Waals surface area contributed by atoms with Gasteiger partial charge in [0.2, 0.25) is 15.9 Å². The first-order valence-electron chi connectivity index (χ1n) is 19.3. The van der Waals surface area contributed by atoms with Crippen molar-refractivity contribution in [3.05, 3.63) is 113 Å². The van der Waals surface area contributed by atoms with Crippen LogP contribution in [0.1, 0.15) is 80.4 Å². The number of carbonyl (C=O) groups excluding carboxylic acids is 1. The molecule has 0 bridgehead atoms. The average Bonchev–Trinajstić information content (AvgIpc) is 3.23. The number of halogens is 3. The summed E-state index contributed by atoms with van der Waals surface area (Å²) in [6.07, 6.45) is -3.48. The van der Waals surface area contributed by atoms with E-state index in [1.54, 1.807) is 53.4 Å². The lowest BCUT2D eigenvalue weighted by molar-refractivity contribution is -0.145. The van der Waals surface area contributed by atoms with Crippen LogP contribution in [0.2, 0.25) is 0 Å². The number of nitrogens with zero attached hydrogens (tertiary/aromatic N) is 3. The number of nitrogens with one attached hydrogen (secondary N) is 2. The molecule has 2 saturated heterocycles. The van der Waals surface area contributed by atoms with Crippen LogP contribution in [0.3, 0.4) is 0 Å². The summed E-state index contributed by atoms with van der Waals surface area (Å²) >= 11 is 0. The summed E-state index contributed by atoms with van der Waals surface area (Å²) in [5.41, 5.74) is 2.45. The van der Waals surface area contributed by atoms with E-state index >= 15 is 0 Å². The maximum absolute atomic E-state index is 13.7. The number of aliphatic hydroxyl groups is 1. The van der Waals surface area contributed by atoms with E-state index in [0.717, 1.165) is 49.4 Å². The van der Waals surface area contributed by atoms with E-state index in [-0.39, 0.29) is 23.5 Å². The Bertz CT molecular complexity index is 1970. The zero-order chi connectivity index (χ0) is 42.9. The second-order valence-electron chi connectivity index (χ2n) is 13.0. The molecule has 0 saturated carbocycles. The van der Waals surface area contributed by atoms with Gasteiger partial charge >= 0.3 is 12.1 Å². The van der Waals surface area contributed by atoms with Crippen LogP contribution in [0.5, 0.6) is 11.6 Å². The summed E-state index contributed by atoms with van der Waals surface area (Å²) in [5, 5.41) is 19.1. The van der Waals surface area contributed by atoms with Gasteiger partial charge in [-0.3, -0.25) is 9.52 Å². The summed E-state index contributed by atoms with van der Waals surface area (Å²) < 4.78 is 73.3. The molecule has 1 atom stereocenters. The topological polar surface area (TPSA) is 161 Å². The number of pyridine rings is 1. The van der Waals surface area contributed by atoms with Gasteiger partial charge in [-0.15, -0.1) is 0 Å². The molecule has 58 heavy (non-hydrogen) atoms. The Morgan fingerprint density at radius 1 is 0.914 bits per heavy atom. The molecule has 2 aliphatic heterocycles. The Morgan fingerprint density at radius 3 is 2.05 bits per heavy atom. The van der Waals surface area contributed by atoms with Crippen molar-refractivity contribution in [2.45, 2.75) is 71.4 Å². The number of ether oxygens (including phenoxy) is 1. The fourth-order valence-electron chi connectivity index (χ4n) is 6.07. The Balaban J connectivity index is 0.000000815. The van der Waals surface area contributed by atoms with E-state index in [9.17, 15) is 31.2 Å². The molecule has 1 amide bonds. The van der Waals surface area contributed by atoms with Gasteiger partial charge in [-0.1, -0.05) is 70.2 Å². The van der Waals surface area contributed by atoms with E-state index in [0.29, 0.717) is 48.7 Å². The number of amides is 1. The molecule has 12 nitrogen and oxygen atoms in total. The van der Waals surface area contributed by atoms with Crippen LogP contribution < -0.4 is 19.7 Å². The largest absolute Gasteiger partial charge is 0.479 e. The molecule has 3 aromatic carbocycles. The van der Waals surface area contributed by atoms with Crippen molar-refractivity contribution in [2.75, 3.05) is 48.9 Å². The monoisotopic (exact) mass is 829 g/mol.